The number of hydrogen-bond donors (Lipinski definition) is 1. The molecule has 1 aromatic carbocycles. The molecule has 1 N–H and O–H groups in total. The number of halogens is 1. The molecule has 2 rings (SSSR count). The van der Waals surface area contributed by atoms with E-state index in [0.29, 0.717) is 6.04 Å². The predicted molar refractivity (Wildman–Crippen MR) is 81.1 cm³/mol. The van der Waals surface area contributed by atoms with Gasteiger partial charge in [0.1, 0.15) is 5.82 Å². The topological polar surface area (TPSA) is 17.0 Å². The Morgan fingerprint density at radius 2 is 1.95 bits per heavy atom. The minimum absolute atomic E-state index is 0.174. The van der Waals surface area contributed by atoms with Gasteiger partial charge in [0, 0.05) is 31.0 Å². The Bertz CT molecular complexity index is 516. The average Bonchev–Trinajstić information content (AvgIpc) is 2.87. The van der Waals surface area contributed by atoms with Gasteiger partial charge in [-0.05, 0) is 49.6 Å². The van der Waals surface area contributed by atoms with Gasteiger partial charge in [-0.3, -0.25) is 0 Å². The first-order valence-electron chi connectivity index (χ1n) is 7.31. The summed E-state index contributed by atoms with van der Waals surface area (Å²) in [5.74, 6) is -0.174. The largest absolute Gasteiger partial charge is 0.350 e. The first-order valence-corrected chi connectivity index (χ1v) is 7.31. The molecule has 0 aliphatic heterocycles. The molecule has 1 unspecified atom stereocenters. The monoisotopic (exact) mass is 274 g/mol. The molecular weight excluding hydrogens is 251 g/mol. The molecule has 1 aromatic heterocycles. The van der Waals surface area contributed by atoms with Gasteiger partial charge in [0.2, 0.25) is 0 Å². The molecule has 2 nitrogen and oxygen atoms in total. The fraction of sp³-hybridized carbons (Fsp3) is 0.412. The normalized spacial score (nSPS) is 12.6. The summed E-state index contributed by atoms with van der Waals surface area (Å²) in [6, 6.07) is 11.4. The van der Waals surface area contributed by atoms with E-state index in [-0.39, 0.29) is 5.82 Å². The number of hydrogen-bond acceptors (Lipinski definition) is 1. The Labute approximate surface area is 120 Å². The molecule has 3 heteroatoms. The minimum atomic E-state index is -0.174. The molecule has 0 bridgehead atoms. The third kappa shape index (κ3) is 4.20. The maximum atomic E-state index is 12.9. The highest BCUT2D eigenvalue weighted by Gasteiger charge is 2.05. The van der Waals surface area contributed by atoms with E-state index in [0.717, 1.165) is 31.5 Å². The second kappa shape index (κ2) is 7.25. The van der Waals surface area contributed by atoms with E-state index in [1.807, 2.05) is 12.1 Å². The second-order valence-corrected chi connectivity index (χ2v) is 5.31. The fourth-order valence-electron chi connectivity index (χ4n) is 2.39. The standard InChI is InChI=1S/C17H23FN2/c1-3-10-20-11-4-5-17(20)13-19-14(2)12-15-6-8-16(18)9-7-15/h4-9,11,14,19H,3,10,12-13H2,1-2H3. The van der Waals surface area contributed by atoms with Gasteiger partial charge in [-0.2, -0.15) is 0 Å². The molecule has 0 aliphatic rings. The molecule has 108 valence electrons. The highest BCUT2D eigenvalue weighted by molar-refractivity contribution is 5.17. The van der Waals surface area contributed by atoms with Gasteiger partial charge in [-0.15, -0.1) is 0 Å². The van der Waals surface area contributed by atoms with E-state index in [4.69, 9.17) is 0 Å². The molecule has 0 fully saturated rings. The van der Waals surface area contributed by atoms with Gasteiger partial charge in [0.25, 0.3) is 0 Å². The molecular formula is C17H23FN2. The van der Waals surface area contributed by atoms with Gasteiger partial charge >= 0.3 is 0 Å². The van der Waals surface area contributed by atoms with E-state index in [1.54, 1.807) is 0 Å². The van der Waals surface area contributed by atoms with Gasteiger partial charge < -0.3 is 9.88 Å². The van der Waals surface area contributed by atoms with Crippen LogP contribution in [0.2, 0.25) is 0 Å². The fourth-order valence-corrected chi connectivity index (χ4v) is 2.39. The Hall–Kier alpha value is -1.61. The number of rotatable bonds is 7. The number of benzene rings is 1. The van der Waals surface area contributed by atoms with Crippen LogP contribution in [0.15, 0.2) is 42.6 Å². The number of aromatic nitrogens is 1. The van der Waals surface area contributed by atoms with Crippen LogP contribution >= 0.6 is 0 Å². The summed E-state index contributed by atoms with van der Waals surface area (Å²) >= 11 is 0. The summed E-state index contributed by atoms with van der Waals surface area (Å²) in [5, 5.41) is 3.53. The van der Waals surface area contributed by atoms with Crippen molar-refractivity contribution in [1.82, 2.24) is 9.88 Å². The van der Waals surface area contributed by atoms with Crippen molar-refractivity contribution in [1.29, 1.82) is 0 Å². The van der Waals surface area contributed by atoms with Crippen molar-refractivity contribution in [2.24, 2.45) is 0 Å². The van der Waals surface area contributed by atoms with Crippen LogP contribution in [0.1, 0.15) is 31.5 Å². The Morgan fingerprint density at radius 3 is 2.65 bits per heavy atom. The SMILES string of the molecule is CCCn1cccc1CNC(C)Cc1ccc(F)cc1. The molecule has 0 radical (unpaired) electrons. The first-order chi connectivity index (χ1) is 9.69. The molecule has 0 saturated carbocycles. The van der Waals surface area contributed by atoms with Crippen molar-refractivity contribution in [3.8, 4) is 0 Å². The summed E-state index contributed by atoms with van der Waals surface area (Å²) in [4.78, 5) is 0. The molecule has 20 heavy (non-hydrogen) atoms. The summed E-state index contributed by atoms with van der Waals surface area (Å²) in [5.41, 5.74) is 2.48. The zero-order chi connectivity index (χ0) is 14.4. The lowest BCUT2D eigenvalue weighted by Crippen LogP contribution is -2.28. The Kier molecular flexibility index (Phi) is 5.36. The van der Waals surface area contributed by atoms with Crippen LogP contribution in [0.25, 0.3) is 0 Å². The van der Waals surface area contributed by atoms with Crippen molar-refractivity contribution in [2.45, 2.75) is 45.8 Å². The summed E-state index contributed by atoms with van der Waals surface area (Å²) < 4.78 is 15.1. The lowest BCUT2D eigenvalue weighted by molar-refractivity contribution is 0.521. The van der Waals surface area contributed by atoms with Crippen molar-refractivity contribution in [2.75, 3.05) is 0 Å². The summed E-state index contributed by atoms with van der Waals surface area (Å²) in [7, 11) is 0. The van der Waals surface area contributed by atoms with Crippen molar-refractivity contribution >= 4 is 0 Å². The van der Waals surface area contributed by atoms with E-state index in [9.17, 15) is 4.39 Å². The zero-order valence-corrected chi connectivity index (χ0v) is 12.3. The smallest absolute Gasteiger partial charge is 0.123 e. The third-order valence-electron chi connectivity index (χ3n) is 3.47. The molecule has 0 aliphatic carbocycles. The van der Waals surface area contributed by atoms with Crippen LogP contribution in [0, 0.1) is 5.82 Å². The van der Waals surface area contributed by atoms with Crippen LogP contribution in [0.3, 0.4) is 0 Å². The summed E-state index contributed by atoms with van der Waals surface area (Å²) in [6.07, 6.45) is 4.19. The summed E-state index contributed by atoms with van der Waals surface area (Å²) in [6.45, 7) is 6.29. The molecule has 0 amide bonds. The lowest BCUT2D eigenvalue weighted by Gasteiger charge is -2.15. The van der Waals surface area contributed by atoms with Crippen LogP contribution < -0.4 is 5.32 Å². The van der Waals surface area contributed by atoms with Gasteiger partial charge in [-0.1, -0.05) is 19.1 Å². The molecule has 2 aromatic rings. The van der Waals surface area contributed by atoms with Gasteiger partial charge in [0.15, 0.2) is 0 Å². The van der Waals surface area contributed by atoms with Crippen LogP contribution in [-0.2, 0) is 19.5 Å². The lowest BCUT2D eigenvalue weighted by atomic mass is 10.1. The van der Waals surface area contributed by atoms with E-state index in [1.165, 1.54) is 17.8 Å². The maximum absolute atomic E-state index is 12.9. The Balaban J connectivity index is 1.84. The molecule has 0 saturated heterocycles. The number of nitrogens with one attached hydrogen (secondary N) is 1. The van der Waals surface area contributed by atoms with E-state index in [2.05, 4.69) is 42.1 Å². The van der Waals surface area contributed by atoms with Crippen molar-refractivity contribution in [3.05, 3.63) is 59.7 Å². The number of nitrogens with zero attached hydrogens (tertiary/aromatic N) is 1. The average molecular weight is 274 g/mol. The maximum Gasteiger partial charge on any atom is 0.123 e. The second-order valence-electron chi connectivity index (χ2n) is 5.31. The van der Waals surface area contributed by atoms with E-state index < -0.39 is 0 Å². The minimum Gasteiger partial charge on any atom is -0.350 e. The highest BCUT2D eigenvalue weighted by atomic mass is 19.1. The predicted octanol–water partition coefficient (Wildman–Crippen LogP) is 3.76. The van der Waals surface area contributed by atoms with Gasteiger partial charge in [0.05, 0.1) is 0 Å². The molecule has 0 spiro atoms. The van der Waals surface area contributed by atoms with Gasteiger partial charge in [-0.25, -0.2) is 4.39 Å². The Morgan fingerprint density at radius 1 is 1.20 bits per heavy atom. The van der Waals surface area contributed by atoms with Crippen molar-refractivity contribution in [3.63, 3.8) is 0 Å². The van der Waals surface area contributed by atoms with Crippen molar-refractivity contribution < 1.29 is 4.39 Å². The van der Waals surface area contributed by atoms with Crippen LogP contribution in [0.5, 0.6) is 0 Å². The number of aryl methyl sites for hydroxylation is 1. The quantitative estimate of drug-likeness (QED) is 0.813. The first kappa shape index (κ1) is 14.8. The molecule has 1 atom stereocenters. The van der Waals surface area contributed by atoms with Crippen LogP contribution in [-0.4, -0.2) is 10.6 Å². The highest BCUT2D eigenvalue weighted by Crippen LogP contribution is 2.07. The molecule has 1 heterocycles. The van der Waals surface area contributed by atoms with Crippen LogP contribution in [0.4, 0.5) is 4.39 Å². The van der Waals surface area contributed by atoms with E-state index >= 15 is 0 Å². The zero-order valence-electron chi connectivity index (χ0n) is 12.3. The third-order valence-corrected chi connectivity index (χ3v) is 3.47.